The SMILES string of the molecule is CC=CCOc1ccc2cc(C3CCC(CC/C=C/C)CC3)ccc2c1F. The van der Waals surface area contributed by atoms with Crippen LogP contribution in [0.3, 0.4) is 0 Å². The van der Waals surface area contributed by atoms with Gasteiger partial charge < -0.3 is 4.74 Å². The molecular formula is C25H31FO. The number of hydrogen-bond donors (Lipinski definition) is 0. The van der Waals surface area contributed by atoms with Crippen LogP contribution in [0.2, 0.25) is 0 Å². The van der Waals surface area contributed by atoms with Crippen LogP contribution in [0.4, 0.5) is 4.39 Å². The monoisotopic (exact) mass is 366 g/mol. The molecule has 144 valence electrons. The van der Waals surface area contributed by atoms with Crippen molar-refractivity contribution in [1.82, 2.24) is 0 Å². The lowest BCUT2D eigenvalue weighted by Crippen LogP contribution is -2.13. The second-order valence-corrected chi connectivity index (χ2v) is 7.60. The average Bonchev–Trinajstić information content (AvgIpc) is 2.70. The van der Waals surface area contributed by atoms with Crippen molar-refractivity contribution in [3.63, 3.8) is 0 Å². The predicted octanol–water partition coefficient (Wildman–Crippen LogP) is 7.56. The van der Waals surface area contributed by atoms with Gasteiger partial charge in [0.25, 0.3) is 0 Å². The predicted molar refractivity (Wildman–Crippen MR) is 113 cm³/mol. The molecule has 0 spiro atoms. The summed E-state index contributed by atoms with van der Waals surface area (Å²) in [4.78, 5) is 0. The van der Waals surface area contributed by atoms with Gasteiger partial charge in [-0.05, 0) is 81.2 Å². The van der Waals surface area contributed by atoms with Crippen molar-refractivity contribution in [1.29, 1.82) is 0 Å². The maximum atomic E-state index is 14.7. The Morgan fingerprint density at radius 2 is 1.78 bits per heavy atom. The van der Waals surface area contributed by atoms with E-state index in [1.165, 1.54) is 44.1 Å². The zero-order valence-electron chi connectivity index (χ0n) is 16.6. The Kier molecular flexibility index (Phi) is 7.09. The number of hydrogen-bond acceptors (Lipinski definition) is 1. The van der Waals surface area contributed by atoms with E-state index in [1.54, 1.807) is 6.07 Å². The van der Waals surface area contributed by atoms with Crippen molar-refractivity contribution in [2.45, 2.75) is 58.3 Å². The van der Waals surface area contributed by atoms with Crippen LogP contribution in [0, 0.1) is 11.7 Å². The van der Waals surface area contributed by atoms with Gasteiger partial charge in [0.15, 0.2) is 11.6 Å². The molecule has 27 heavy (non-hydrogen) atoms. The van der Waals surface area contributed by atoms with Gasteiger partial charge in [0.1, 0.15) is 6.61 Å². The van der Waals surface area contributed by atoms with E-state index in [4.69, 9.17) is 4.74 Å². The quantitative estimate of drug-likeness (QED) is 0.459. The first-order valence-corrected chi connectivity index (χ1v) is 10.3. The molecule has 0 unspecified atom stereocenters. The topological polar surface area (TPSA) is 9.23 Å². The van der Waals surface area contributed by atoms with E-state index in [0.717, 1.165) is 11.3 Å². The average molecular weight is 367 g/mol. The molecule has 1 aliphatic carbocycles. The summed E-state index contributed by atoms with van der Waals surface area (Å²) in [6.45, 7) is 4.42. The van der Waals surface area contributed by atoms with Gasteiger partial charge in [-0.3, -0.25) is 0 Å². The minimum Gasteiger partial charge on any atom is -0.486 e. The number of benzene rings is 2. The molecule has 1 nitrogen and oxygen atoms in total. The molecule has 1 saturated carbocycles. The van der Waals surface area contributed by atoms with Crippen molar-refractivity contribution < 1.29 is 9.13 Å². The van der Waals surface area contributed by atoms with Crippen LogP contribution >= 0.6 is 0 Å². The minimum absolute atomic E-state index is 0.253. The highest BCUT2D eigenvalue weighted by molar-refractivity contribution is 5.85. The largest absolute Gasteiger partial charge is 0.486 e. The van der Waals surface area contributed by atoms with Crippen molar-refractivity contribution in [2.24, 2.45) is 5.92 Å². The highest BCUT2D eigenvalue weighted by Crippen LogP contribution is 2.39. The van der Waals surface area contributed by atoms with Crippen LogP contribution in [0.25, 0.3) is 10.8 Å². The molecule has 0 heterocycles. The molecular weight excluding hydrogens is 335 g/mol. The van der Waals surface area contributed by atoms with Crippen LogP contribution < -0.4 is 4.74 Å². The lowest BCUT2D eigenvalue weighted by Gasteiger charge is -2.29. The van der Waals surface area contributed by atoms with Gasteiger partial charge in [-0.2, -0.15) is 0 Å². The summed E-state index contributed by atoms with van der Waals surface area (Å²) in [6, 6.07) is 9.96. The maximum Gasteiger partial charge on any atom is 0.172 e. The molecule has 0 aromatic heterocycles. The first-order valence-electron chi connectivity index (χ1n) is 10.3. The second kappa shape index (κ2) is 9.73. The Bertz CT molecular complexity index is 797. The summed E-state index contributed by atoms with van der Waals surface area (Å²) >= 11 is 0. The van der Waals surface area contributed by atoms with Crippen LogP contribution in [-0.2, 0) is 0 Å². The van der Waals surface area contributed by atoms with E-state index >= 15 is 0 Å². The van der Waals surface area contributed by atoms with E-state index in [1.807, 2.05) is 31.2 Å². The van der Waals surface area contributed by atoms with Crippen molar-refractivity contribution in [3.8, 4) is 5.75 Å². The van der Waals surface area contributed by atoms with Crippen molar-refractivity contribution >= 4 is 10.8 Å². The Morgan fingerprint density at radius 1 is 1.00 bits per heavy atom. The number of ether oxygens (including phenoxy) is 1. The van der Waals surface area contributed by atoms with Crippen LogP contribution in [-0.4, -0.2) is 6.61 Å². The molecule has 2 heteroatoms. The Hall–Kier alpha value is -2.09. The minimum atomic E-state index is -0.253. The molecule has 0 amide bonds. The van der Waals surface area contributed by atoms with Gasteiger partial charge in [0.2, 0.25) is 0 Å². The van der Waals surface area contributed by atoms with E-state index in [2.05, 4.69) is 31.2 Å². The normalized spacial score (nSPS) is 20.7. The van der Waals surface area contributed by atoms with E-state index in [9.17, 15) is 4.39 Å². The molecule has 2 aromatic carbocycles. The zero-order valence-corrected chi connectivity index (χ0v) is 16.6. The smallest absolute Gasteiger partial charge is 0.172 e. The lowest BCUT2D eigenvalue weighted by molar-refractivity contribution is 0.312. The molecule has 0 bridgehead atoms. The number of fused-ring (bicyclic) bond motifs is 1. The summed E-state index contributed by atoms with van der Waals surface area (Å²) in [5.74, 6) is 1.56. The van der Waals surface area contributed by atoms with Gasteiger partial charge in [-0.1, -0.05) is 48.6 Å². The van der Waals surface area contributed by atoms with Crippen LogP contribution in [0.15, 0.2) is 54.6 Å². The molecule has 0 aliphatic heterocycles. The van der Waals surface area contributed by atoms with Gasteiger partial charge in [0.05, 0.1) is 0 Å². The first-order chi connectivity index (χ1) is 13.2. The summed E-state index contributed by atoms with van der Waals surface area (Å²) in [5, 5.41) is 1.62. The number of halogens is 1. The summed E-state index contributed by atoms with van der Waals surface area (Å²) in [7, 11) is 0. The number of allylic oxidation sites excluding steroid dienone is 3. The van der Waals surface area contributed by atoms with E-state index in [-0.39, 0.29) is 5.82 Å². The molecule has 2 aromatic rings. The Balaban J connectivity index is 1.67. The van der Waals surface area contributed by atoms with Crippen LogP contribution in [0.1, 0.15) is 63.9 Å². The first kappa shape index (κ1) is 19.7. The molecule has 1 fully saturated rings. The summed E-state index contributed by atoms with van der Waals surface area (Å²) in [6.07, 6.45) is 15.9. The maximum absolute atomic E-state index is 14.7. The lowest BCUT2D eigenvalue weighted by atomic mass is 9.77. The van der Waals surface area contributed by atoms with Crippen molar-refractivity contribution in [3.05, 3.63) is 66.0 Å². The standard InChI is InChI=1S/C25H31FO/c1-3-5-7-8-19-9-11-20(12-10-19)21-13-15-23-22(18-21)14-16-24(25(23)26)27-17-6-4-2/h3-6,13-16,18-20H,7-12,17H2,1-2H3/b5-3+,6-4?. The zero-order chi connectivity index (χ0) is 19.1. The highest BCUT2D eigenvalue weighted by atomic mass is 19.1. The summed E-state index contributed by atoms with van der Waals surface area (Å²) in [5.41, 5.74) is 1.36. The van der Waals surface area contributed by atoms with Gasteiger partial charge in [-0.25, -0.2) is 4.39 Å². The molecule has 0 atom stereocenters. The van der Waals surface area contributed by atoms with E-state index < -0.39 is 0 Å². The summed E-state index contributed by atoms with van der Waals surface area (Å²) < 4.78 is 20.2. The van der Waals surface area contributed by atoms with Gasteiger partial charge in [-0.15, -0.1) is 0 Å². The Morgan fingerprint density at radius 3 is 2.52 bits per heavy atom. The van der Waals surface area contributed by atoms with Gasteiger partial charge in [0, 0.05) is 5.39 Å². The Labute approximate surface area is 162 Å². The highest BCUT2D eigenvalue weighted by Gasteiger charge is 2.22. The number of rotatable bonds is 7. The fraction of sp³-hybridized carbons (Fsp3) is 0.440. The third-order valence-electron chi connectivity index (χ3n) is 5.81. The molecule has 3 rings (SSSR count). The molecule has 0 radical (unpaired) electrons. The third kappa shape index (κ3) is 5.00. The molecule has 0 saturated heterocycles. The van der Waals surface area contributed by atoms with Gasteiger partial charge >= 0.3 is 0 Å². The van der Waals surface area contributed by atoms with E-state index in [0.29, 0.717) is 23.7 Å². The van der Waals surface area contributed by atoms with Crippen molar-refractivity contribution in [2.75, 3.05) is 6.61 Å². The second-order valence-electron chi connectivity index (χ2n) is 7.60. The van der Waals surface area contributed by atoms with Crippen LogP contribution in [0.5, 0.6) is 5.75 Å². The third-order valence-corrected chi connectivity index (χ3v) is 5.81. The molecule has 0 N–H and O–H groups in total. The molecule has 1 aliphatic rings. The fourth-order valence-corrected chi connectivity index (χ4v) is 4.17. The fourth-order valence-electron chi connectivity index (χ4n) is 4.17.